The Morgan fingerprint density at radius 1 is 1.53 bits per heavy atom. The van der Waals surface area contributed by atoms with Crippen LogP contribution in [0.5, 0.6) is 5.95 Å². The van der Waals surface area contributed by atoms with Gasteiger partial charge in [0, 0.05) is 12.7 Å². The van der Waals surface area contributed by atoms with Gasteiger partial charge in [-0.15, -0.1) is 0 Å². The van der Waals surface area contributed by atoms with Crippen molar-refractivity contribution in [1.29, 1.82) is 0 Å². The smallest absolute Gasteiger partial charge is 0.315 e. The van der Waals surface area contributed by atoms with E-state index in [2.05, 4.69) is 0 Å². The summed E-state index contributed by atoms with van der Waals surface area (Å²) in [5.41, 5.74) is 0.903. The average molecular weight is 212 g/mol. The van der Waals surface area contributed by atoms with Crippen LogP contribution in [-0.2, 0) is 9.53 Å². The summed E-state index contributed by atoms with van der Waals surface area (Å²) in [5.74, 6) is 0.230. The maximum Gasteiger partial charge on any atom is 0.315 e. The molecule has 1 rings (SSSR count). The van der Waals surface area contributed by atoms with Crippen molar-refractivity contribution in [3.05, 3.63) is 17.9 Å². The van der Waals surface area contributed by atoms with Crippen molar-refractivity contribution >= 4 is 5.97 Å². The van der Waals surface area contributed by atoms with E-state index in [9.17, 15) is 4.79 Å². The molecule has 0 saturated heterocycles. The van der Waals surface area contributed by atoms with Crippen molar-refractivity contribution < 1.29 is 18.7 Å². The van der Waals surface area contributed by atoms with Gasteiger partial charge in [-0.25, -0.2) is 0 Å². The van der Waals surface area contributed by atoms with Gasteiger partial charge in [-0.05, 0) is 12.0 Å². The van der Waals surface area contributed by atoms with E-state index in [1.165, 1.54) is 6.26 Å². The number of hydrogen-bond donors (Lipinski definition) is 0. The maximum absolute atomic E-state index is 11.3. The largest absolute Gasteiger partial charge is 0.434 e. The second-order valence-electron chi connectivity index (χ2n) is 3.53. The molecular formula is C11H16O4. The molecular weight excluding hydrogens is 196 g/mol. The monoisotopic (exact) mass is 212 g/mol. The predicted octanol–water partition coefficient (Wildman–Crippen LogP) is 2.34. The fourth-order valence-electron chi connectivity index (χ4n) is 1.16. The molecule has 0 aliphatic heterocycles. The van der Waals surface area contributed by atoms with Gasteiger partial charge in [0.2, 0.25) is 0 Å². The molecule has 0 amide bonds. The zero-order valence-corrected chi connectivity index (χ0v) is 9.28. The quantitative estimate of drug-likeness (QED) is 0.703. The molecule has 0 unspecified atom stereocenters. The van der Waals surface area contributed by atoms with Crippen LogP contribution in [0.15, 0.2) is 16.7 Å². The number of esters is 1. The molecule has 0 aromatic carbocycles. The van der Waals surface area contributed by atoms with Crippen molar-refractivity contribution in [3.8, 4) is 5.95 Å². The highest BCUT2D eigenvalue weighted by molar-refractivity contribution is 5.72. The molecule has 1 heterocycles. The Kier molecular flexibility index (Phi) is 4.37. The van der Waals surface area contributed by atoms with Gasteiger partial charge in [0.15, 0.2) is 0 Å². The zero-order chi connectivity index (χ0) is 11.3. The Bertz CT molecular complexity index is 314. The summed E-state index contributed by atoms with van der Waals surface area (Å²) in [6.45, 7) is 4.38. The molecule has 0 spiro atoms. The lowest BCUT2D eigenvalue weighted by Crippen LogP contribution is -2.11. The summed E-state index contributed by atoms with van der Waals surface area (Å²) in [7, 11) is 1.54. The third kappa shape index (κ3) is 3.40. The van der Waals surface area contributed by atoms with Gasteiger partial charge in [-0.1, -0.05) is 13.8 Å². The number of methoxy groups -OCH3 is 1. The van der Waals surface area contributed by atoms with Crippen LogP contribution in [0.25, 0.3) is 0 Å². The van der Waals surface area contributed by atoms with E-state index < -0.39 is 0 Å². The van der Waals surface area contributed by atoms with Crippen LogP contribution >= 0.6 is 0 Å². The third-order valence-corrected chi connectivity index (χ3v) is 2.00. The highest BCUT2D eigenvalue weighted by Gasteiger charge is 2.14. The first-order chi connectivity index (χ1) is 7.15. The van der Waals surface area contributed by atoms with Crippen LogP contribution in [-0.4, -0.2) is 19.7 Å². The van der Waals surface area contributed by atoms with Crippen molar-refractivity contribution in [2.45, 2.75) is 26.2 Å². The number of rotatable bonds is 5. The van der Waals surface area contributed by atoms with Crippen LogP contribution in [0.2, 0.25) is 0 Å². The summed E-state index contributed by atoms with van der Waals surface area (Å²) in [6, 6.07) is 1.81. The van der Waals surface area contributed by atoms with Gasteiger partial charge in [-0.2, -0.15) is 0 Å². The fourth-order valence-corrected chi connectivity index (χ4v) is 1.16. The molecule has 0 aliphatic rings. The van der Waals surface area contributed by atoms with Crippen LogP contribution in [0.1, 0.15) is 31.7 Å². The molecule has 15 heavy (non-hydrogen) atoms. The van der Waals surface area contributed by atoms with Gasteiger partial charge in [0.1, 0.15) is 0 Å². The zero-order valence-electron chi connectivity index (χ0n) is 9.28. The second-order valence-corrected chi connectivity index (χ2v) is 3.53. The topological polar surface area (TPSA) is 48.7 Å². The Balaban J connectivity index is 2.56. The first-order valence-corrected chi connectivity index (χ1v) is 4.92. The highest BCUT2D eigenvalue weighted by Crippen LogP contribution is 2.27. The second kappa shape index (κ2) is 5.56. The van der Waals surface area contributed by atoms with Gasteiger partial charge < -0.3 is 13.9 Å². The number of carbonyl (C=O) groups is 1. The first kappa shape index (κ1) is 11.8. The molecule has 0 N–H and O–H groups in total. The van der Waals surface area contributed by atoms with E-state index in [0.29, 0.717) is 12.6 Å². The molecule has 4 heteroatoms. The van der Waals surface area contributed by atoms with Crippen molar-refractivity contribution in [2.24, 2.45) is 0 Å². The Morgan fingerprint density at radius 2 is 2.27 bits per heavy atom. The molecule has 0 aliphatic carbocycles. The average Bonchev–Trinajstić information content (AvgIpc) is 2.62. The molecule has 0 radical (unpaired) electrons. The number of carbonyl (C=O) groups excluding carboxylic acids is 1. The molecule has 0 atom stereocenters. The summed E-state index contributed by atoms with van der Waals surface area (Å²) in [4.78, 5) is 11.3. The number of furan rings is 1. The molecule has 0 bridgehead atoms. The highest BCUT2D eigenvalue weighted by atomic mass is 16.6. The lowest BCUT2D eigenvalue weighted by atomic mass is 10.1. The lowest BCUT2D eigenvalue weighted by Gasteiger charge is -2.05. The van der Waals surface area contributed by atoms with E-state index in [-0.39, 0.29) is 18.3 Å². The molecule has 1 aromatic rings. The summed E-state index contributed by atoms with van der Waals surface area (Å²) in [5, 5.41) is 0. The standard InChI is InChI=1S/C11H16O4/c1-8(2)9-4-7-14-11(9)15-10(12)5-6-13-3/h4,7-8H,5-6H2,1-3H3. The van der Waals surface area contributed by atoms with Crippen molar-refractivity contribution in [3.63, 3.8) is 0 Å². The van der Waals surface area contributed by atoms with E-state index >= 15 is 0 Å². The Labute approximate surface area is 89.2 Å². The van der Waals surface area contributed by atoms with Crippen LogP contribution < -0.4 is 4.74 Å². The Hall–Kier alpha value is -1.29. The van der Waals surface area contributed by atoms with Gasteiger partial charge in [0.05, 0.1) is 19.3 Å². The summed E-state index contributed by atoms with van der Waals surface area (Å²) < 4.78 is 14.9. The summed E-state index contributed by atoms with van der Waals surface area (Å²) in [6.07, 6.45) is 1.75. The summed E-state index contributed by atoms with van der Waals surface area (Å²) >= 11 is 0. The van der Waals surface area contributed by atoms with Crippen molar-refractivity contribution in [2.75, 3.05) is 13.7 Å². The third-order valence-electron chi connectivity index (χ3n) is 2.00. The van der Waals surface area contributed by atoms with E-state index in [4.69, 9.17) is 13.9 Å². The van der Waals surface area contributed by atoms with Crippen LogP contribution in [0.4, 0.5) is 0 Å². The molecule has 4 nitrogen and oxygen atoms in total. The molecule has 0 saturated carbocycles. The molecule has 1 aromatic heterocycles. The van der Waals surface area contributed by atoms with Crippen LogP contribution in [0.3, 0.4) is 0 Å². The minimum Gasteiger partial charge on any atom is -0.434 e. The number of hydrogen-bond acceptors (Lipinski definition) is 4. The van der Waals surface area contributed by atoms with E-state index in [0.717, 1.165) is 5.56 Å². The maximum atomic E-state index is 11.3. The molecule has 0 fully saturated rings. The fraction of sp³-hybridized carbons (Fsp3) is 0.545. The minimum atomic E-state index is -0.339. The first-order valence-electron chi connectivity index (χ1n) is 4.92. The Morgan fingerprint density at radius 3 is 2.87 bits per heavy atom. The SMILES string of the molecule is COCCC(=O)Oc1occc1C(C)C. The number of ether oxygens (including phenoxy) is 2. The van der Waals surface area contributed by atoms with Gasteiger partial charge >= 0.3 is 5.97 Å². The van der Waals surface area contributed by atoms with E-state index in [1.807, 2.05) is 19.9 Å². The van der Waals surface area contributed by atoms with Crippen LogP contribution in [0, 0.1) is 0 Å². The van der Waals surface area contributed by atoms with Gasteiger partial charge in [-0.3, -0.25) is 4.79 Å². The van der Waals surface area contributed by atoms with E-state index in [1.54, 1.807) is 7.11 Å². The minimum absolute atomic E-state index is 0.231. The normalized spacial score (nSPS) is 10.7. The molecule has 84 valence electrons. The van der Waals surface area contributed by atoms with Crippen molar-refractivity contribution in [1.82, 2.24) is 0 Å². The van der Waals surface area contributed by atoms with Gasteiger partial charge in [0.25, 0.3) is 5.95 Å². The lowest BCUT2D eigenvalue weighted by molar-refractivity contribution is -0.136. The predicted molar refractivity (Wildman–Crippen MR) is 54.9 cm³/mol.